The van der Waals surface area contributed by atoms with Gasteiger partial charge < -0.3 is 38.9 Å². The molecule has 11 heteroatoms. The van der Waals surface area contributed by atoms with E-state index in [2.05, 4.69) is 10.6 Å². The van der Waals surface area contributed by atoms with Gasteiger partial charge >= 0.3 is 0 Å². The zero-order valence-corrected chi connectivity index (χ0v) is 23.4. The first-order valence-electron chi connectivity index (χ1n) is 13.3. The van der Waals surface area contributed by atoms with Crippen molar-refractivity contribution in [1.82, 2.24) is 15.5 Å². The molecular formula is C30H35N3O8. The van der Waals surface area contributed by atoms with Gasteiger partial charge in [-0.3, -0.25) is 14.4 Å². The summed E-state index contributed by atoms with van der Waals surface area (Å²) in [7, 11) is 4.55. The molecule has 0 bridgehead atoms. The lowest BCUT2D eigenvalue weighted by Crippen LogP contribution is -2.48. The quantitative estimate of drug-likeness (QED) is 0.324. The molecule has 2 heterocycles. The van der Waals surface area contributed by atoms with Gasteiger partial charge in [-0.1, -0.05) is 24.3 Å². The van der Waals surface area contributed by atoms with Crippen molar-refractivity contribution in [2.75, 3.05) is 41.0 Å². The molecule has 3 aromatic rings. The van der Waals surface area contributed by atoms with Gasteiger partial charge in [-0.25, -0.2) is 0 Å². The molecule has 11 nitrogen and oxygen atoms in total. The Balaban J connectivity index is 1.70. The number of carbonyl (C=O) groups excluding carboxylic acids is 3. The van der Waals surface area contributed by atoms with Crippen LogP contribution in [0.5, 0.6) is 17.2 Å². The van der Waals surface area contributed by atoms with E-state index in [0.717, 1.165) is 12.8 Å². The van der Waals surface area contributed by atoms with Crippen LogP contribution in [0.15, 0.2) is 65.3 Å². The summed E-state index contributed by atoms with van der Waals surface area (Å²) in [5, 5.41) is 5.55. The Labute approximate surface area is 238 Å². The minimum atomic E-state index is -1.09. The van der Waals surface area contributed by atoms with E-state index in [-0.39, 0.29) is 25.0 Å². The van der Waals surface area contributed by atoms with Crippen molar-refractivity contribution in [2.45, 2.75) is 31.5 Å². The number of nitrogens with zero attached hydrogens (tertiary/aromatic N) is 1. The maximum Gasteiger partial charge on any atom is 0.287 e. The van der Waals surface area contributed by atoms with Crippen LogP contribution in [0.4, 0.5) is 0 Å². The molecule has 2 atom stereocenters. The smallest absolute Gasteiger partial charge is 0.287 e. The maximum atomic E-state index is 13.9. The topological polar surface area (TPSA) is 129 Å². The third-order valence-electron chi connectivity index (χ3n) is 6.81. The minimum Gasteiger partial charge on any atom is -0.496 e. The zero-order chi connectivity index (χ0) is 29.2. The van der Waals surface area contributed by atoms with Crippen molar-refractivity contribution < 1.29 is 37.7 Å². The SMILES string of the molecule is COc1ccccc1CN(C(=O)CNC(=O)c1ccco1)[C@H](C(=O)NC[C@H]1CCCO1)c1ccc(OC)c(OC)c1. The van der Waals surface area contributed by atoms with Crippen LogP contribution in [0.3, 0.4) is 0 Å². The molecule has 0 saturated carbocycles. The first kappa shape index (κ1) is 29.5. The van der Waals surface area contributed by atoms with Crippen LogP contribution < -0.4 is 24.8 Å². The molecule has 1 fully saturated rings. The average molecular weight is 566 g/mol. The van der Waals surface area contributed by atoms with Crippen LogP contribution in [0, 0.1) is 0 Å². The lowest BCUT2D eigenvalue weighted by atomic mass is 10.0. The summed E-state index contributed by atoms with van der Waals surface area (Å²) < 4.78 is 27.2. The molecule has 1 aliphatic rings. The van der Waals surface area contributed by atoms with Gasteiger partial charge in [-0.15, -0.1) is 0 Å². The van der Waals surface area contributed by atoms with Gasteiger partial charge in [0.2, 0.25) is 11.8 Å². The van der Waals surface area contributed by atoms with E-state index in [1.807, 2.05) is 18.2 Å². The van der Waals surface area contributed by atoms with Gasteiger partial charge in [0.15, 0.2) is 17.3 Å². The number of benzene rings is 2. The molecule has 0 radical (unpaired) electrons. The number of furan rings is 1. The van der Waals surface area contributed by atoms with E-state index in [0.29, 0.717) is 41.5 Å². The fraction of sp³-hybridized carbons (Fsp3) is 0.367. The highest BCUT2D eigenvalue weighted by Crippen LogP contribution is 2.34. The summed E-state index contributed by atoms with van der Waals surface area (Å²) in [5.74, 6) is 0.0404. The highest BCUT2D eigenvalue weighted by Gasteiger charge is 2.34. The molecule has 0 aliphatic carbocycles. The Morgan fingerprint density at radius 1 is 0.951 bits per heavy atom. The lowest BCUT2D eigenvalue weighted by Gasteiger charge is -2.32. The molecule has 2 N–H and O–H groups in total. The number of rotatable bonds is 13. The number of para-hydroxylation sites is 1. The van der Waals surface area contributed by atoms with E-state index in [9.17, 15) is 14.4 Å². The average Bonchev–Trinajstić information content (AvgIpc) is 3.73. The predicted octanol–water partition coefficient (Wildman–Crippen LogP) is 3.10. The van der Waals surface area contributed by atoms with Crippen molar-refractivity contribution in [1.29, 1.82) is 0 Å². The fourth-order valence-corrected chi connectivity index (χ4v) is 4.71. The summed E-state index contributed by atoms with van der Waals surface area (Å²) in [6, 6.07) is 14.3. The second-order valence-electron chi connectivity index (χ2n) is 9.39. The first-order valence-corrected chi connectivity index (χ1v) is 13.3. The molecule has 4 rings (SSSR count). The van der Waals surface area contributed by atoms with Gasteiger partial charge in [0, 0.05) is 18.7 Å². The Bertz CT molecular complexity index is 1320. The third-order valence-corrected chi connectivity index (χ3v) is 6.81. The molecule has 1 aromatic heterocycles. The van der Waals surface area contributed by atoms with Crippen LogP contribution in [0.25, 0.3) is 0 Å². The van der Waals surface area contributed by atoms with Crippen LogP contribution in [0.1, 0.15) is 40.6 Å². The van der Waals surface area contributed by atoms with E-state index in [1.165, 1.54) is 38.6 Å². The minimum absolute atomic E-state index is 0.0197. The van der Waals surface area contributed by atoms with Crippen molar-refractivity contribution >= 4 is 17.7 Å². The number of carbonyl (C=O) groups is 3. The number of amides is 3. The molecule has 41 heavy (non-hydrogen) atoms. The van der Waals surface area contributed by atoms with Crippen LogP contribution in [-0.2, 0) is 20.9 Å². The Morgan fingerprint density at radius 2 is 1.73 bits per heavy atom. The summed E-state index contributed by atoms with van der Waals surface area (Å²) in [5.41, 5.74) is 1.17. The van der Waals surface area contributed by atoms with Crippen molar-refractivity contribution in [3.05, 3.63) is 77.7 Å². The monoisotopic (exact) mass is 565 g/mol. The molecule has 0 unspecified atom stereocenters. The van der Waals surface area contributed by atoms with Crippen molar-refractivity contribution in [3.63, 3.8) is 0 Å². The predicted molar refractivity (Wildman–Crippen MR) is 149 cm³/mol. The number of ether oxygens (including phenoxy) is 4. The second kappa shape index (κ2) is 14.2. The van der Waals surface area contributed by atoms with E-state index >= 15 is 0 Å². The normalized spacial score (nSPS) is 15.0. The third kappa shape index (κ3) is 7.37. The van der Waals surface area contributed by atoms with Crippen LogP contribution in [-0.4, -0.2) is 69.8 Å². The number of nitrogens with one attached hydrogen (secondary N) is 2. The van der Waals surface area contributed by atoms with Crippen molar-refractivity contribution in [3.8, 4) is 17.2 Å². The van der Waals surface area contributed by atoms with Gasteiger partial charge in [0.05, 0.1) is 46.8 Å². The Hall–Kier alpha value is -4.51. The van der Waals surface area contributed by atoms with Crippen LogP contribution in [0.2, 0.25) is 0 Å². The standard InChI is InChI=1S/C30H35N3O8/c1-37-23-10-5-4-8-21(23)19-33(27(34)18-32-29(35)25-11-7-15-41-25)28(30(36)31-17-22-9-6-14-40-22)20-12-13-24(38-2)26(16-20)39-3/h4-5,7-8,10-13,15-16,22,28H,6,9,14,17-19H2,1-3H3,(H,31,36)(H,32,35)/t22-,28+/m1/s1. The molecule has 3 amide bonds. The lowest BCUT2D eigenvalue weighted by molar-refractivity contribution is -0.141. The summed E-state index contributed by atoms with van der Waals surface area (Å²) in [6.45, 7) is 0.589. The first-order chi connectivity index (χ1) is 19.9. The summed E-state index contributed by atoms with van der Waals surface area (Å²) in [4.78, 5) is 41.7. The van der Waals surface area contributed by atoms with Gasteiger partial charge in [-0.2, -0.15) is 0 Å². The highest BCUT2D eigenvalue weighted by molar-refractivity contribution is 5.95. The molecule has 0 spiro atoms. The Morgan fingerprint density at radius 3 is 2.41 bits per heavy atom. The summed E-state index contributed by atoms with van der Waals surface area (Å²) in [6.07, 6.45) is 3.03. The van der Waals surface area contributed by atoms with E-state index < -0.39 is 23.8 Å². The molecule has 1 saturated heterocycles. The summed E-state index contributed by atoms with van der Waals surface area (Å²) >= 11 is 0. The van der Waals surface area contributed by atoms with Crippen LogP contribution >= 0.6 is 0 Å². The largest absolute Gasteiger partial charge is 0.496 e. The fourth-order valence-electron chi connectivity index (χ4n) is 4.71. The van der Waals surface area contributed by atoms with Crippen molar-refractivity contribution in [2.24, 2.45) is 0 Å². The van der Waals surface area contributed by atoms with E-state index in [4.69, 9.17) is 23.4 Å². The molecule has 218 valence electrons. The zero-order valence-electron chi connectivity index (χ0n) is 23.4. The van der Waals surface area contributed by atoms with Gasteiger partial charge in [-0.05, 0) is 48.7 Å². The van der Waals surface area contributed by atoms with Gasteiger partial charge in [0.25, 0.3) is 5.91 Å². The molecule has 2 aromatic carbocycles. The number of hydrogen-bond donors (Lipinski definition) is 2. The van der Waals surface area contributed by atoms with E-state index in [1.54, 1.807) is 30.3 Å². The number of methoxy groups -OCH3 is 3. The molecule has 1 aliphatic heterocycles. The molecular weight excluding hydrogens is 530 g/mol. The number of hydrogen-bond acceptors (Lipinski definition) is 8. The second-order valence-corrected chi connectivity index (χ2v) is 9.39. The highest BCUT2D eigenvalue weighted by atomic mass is 16.5. The van der Waals surface area contributed by atoms with Gasteiger partial charge in [0.1, 0.15) is 11.8 Å². The Kier molecular flexibility index (Phi) is 10.2. The maximum absolute atomic E-state index is 13.9.